The number of ether oxygens (including phenoxy) is 2. The van der Waals surface area contributed by atoms with Crippen molar-refractivity contribution in [1.82, 2.24) is 0 Å². The van der Waals surface area contributed by atoms with Crippen LogP contribution in [0, 0.1) is 17.8 Å². The Bertz CT molecular complexity index is 479. The first-order chi connectivity index (χ1) is 12.3. The zero-order valence-electron chi connectivity index (χ0n) is 16.2. The minimum absolute atomic E-state index is 0.161. The van der Waals surface area contributed by atoms with Crippen LogP contribution >= 0.6 is 0 Å². The largest absolute Gasteiger partial charge is 0.348 e. The second kappa shape index (κ2) is 9.73. The van der Waals surface area contributed by atoms with Gasteiger partial charge < -0.3 is 9.47 Å². The van der Waals surface area contributed by atoms with Crippen molar-refractivity contribution in [3.05, 3.63) is 35.4 Å². The van der Waals surface area contributed by atoms with Crippen LogP contribution in [-0.2, 0) is 15.9 Å². The fourth-order valence-corrected chi connectivity index (χ4v) is 4.50. The van der Waals surface area contributed by atoms with Gasteiger partial charge in [-0.1, -0.05) is 83.1 Å². The average Bonchev–Trinajstić information content (AvgIpc) is 2.68. The fourth-order valence-electron chi connectivity index (χ4n) is 4.50. The van der Waals surface area contributed by atoms with E-state index < -0.39 is 0 Å². The molecule has 2 fully saturated rings. The number of rotatable bonds is 7. The Hall–Kier alpha value is -0.860. The fraction of sp³-hybridized carbons (Fsp3) is 0.739. The van der Waals surface area contributed by atoms with Gasteiger partial charge in [0, 0.05) is 11.5 Å². The molecule has 1 heterocycles. The van der Waals surface area contributed by atoms with E-state index in [-0.39, 0.29) is 6.29 Å². The highest BCUT2D eigenvalue weighted by molar-refractivity contribution is 5.23. The second-order valence-corrected chi connectivity index (χ2v) is 8.21. The monoisotopic (exact) mass is 344 g/mol. The van der Waals surface area contributed by atoms with Crippen molar-refractivity contribution in [2.24, 2.45) is 17.8 Å². The summed E-state index contributed by atoms with van der Waals surface area (Å²) in [6.45, 7) is 6.21. The lowest BCUT2D eigenvalue weighted by Crippen LogP contribution is -2.28. The van der Waals surface area contributed by atoms with Gasteiger partial charge in [0.25, 0.3) is 0 Å². The molecule has 140 valence electrons. The van der Waals surface area contributed by atoms with Crippen LogP contribution in [0.25, 0.3) is 0 Å². The molecular formula is C23H36O2. The molecule has 0 aromatic heterocycles. The van der Waals surface area contributed by atoms with Gasteiger partial charge in [-0.3, -0.25) is 0 Å². The van der Waals surface area contributed by atoms with E-state index in [0.717, 1.165) is 37.0 Å². The molecule has 1 saturated heterocycles. The van der Waals surface area contributed by atoms with Gasteiger partial charge in [0.2, 0.25) is 0 Å². The van der Waals surface area contributed by atoms with E-state index in [9.17, 15) is 0 Å². The first-order valence-electron chi connectivity index (χ1n) is 10.6. The molecule has 2 aliphatic rings. The summed E-state index contributed by atoms with van der Waals surface area (Å²) in [5, 5.41) is 0. The second-order valence-electron chi connectivity index (χ2n) is 8.21. The molecule has 1 aliphatic heterocycles. The van der Waals surface area contributed by atoms with E-state index in [4.69, 9.17) is 9.47 Å². The molecule has 0 bridgehead atoms. The third-order valence-electron chi connectivity index (χ3n) is 6.27. The minimum atomic E-state index is -0.161. The van der Waals surface area contributed by atoms with Crippen molar-refractivity contribution in [2.75, 3.05) is 13.2 Å². The molecule has 25 heavy (non-hydrogen) atoms. The minimum Gasteiger partial charge on any atom is -0.348 e. The smallest absolute Gasteiger partial charge is 0.183 e. The normalized spacial score (nSPS) is 30.3. The number of aryl methyl sites for hydroxylation is 1. The quantitative estimate of drug-likeness (QED) is 0.578. The maximum Gasteiger partial charge on any atom is 0.183 e. The predicted molar refractivity (Wildman–Crippen MR) is 104 cm³/mol. The molecule has 0 spiro atoms. The van der Waals surface area contributed by atoms with Gasteiger partial charge in [-0.05, 0) is 30.2 Å². The van der Waals surface area contributed by atoms with Crippen molar-refractivity contribution in [3.63, 3.8) is 0 Å². The van der Waals surface area contributed by atoms with E-state index in [1.54, 1.807) is 0 Å². The van der Waals surface area contributed by atoms with Gasteiger partial charge >= 0.3 is 0 Å². The number of benzene rings is 1. The van der Waals surface area contributed by atoms with Gasteiger partial charge in [-0.15, -0.1) is 0 Å². The van der Waals surface area contributed by atoms with Gasteiger partial charge in [-0.2, -0.15) is 0 Å². The molecule has 2 heteroatoms. The topological polar surface area (TPSA) is 18.5 Å². The maximum absolute atomic E-state index is 6.02. The molecule has 1 saturated carbocycles. The van der Waals surface area contributed by atoms with Crippen molar-refractivity contribution < 1.29 is 9.47 Å². The zero-order valence-corrected chi connectivity index (χ0v) is 16.2. The predicted octanol–water partition coefficient (Wildman–Crippen LogP) is 6.30. The van der Waals surface area contributed by atoms with Crippen molar-refractivity contribution in [2.45, 2.75) is 77.9 Å². The van der Waals surface area contributed by atoms with Gasteiger partial charge in [0.15, 0.2) is 6.29 Å². The summed E-state index contributed by atoms with van der Waals surface area (Å²) < 4.78 is 12.0. The Kier molecular flexibility index (Phi) is 7.36. The molecule has 1 aliphatic carbocycles. The van der Waals surface area contributed by atoms with E-state index in [0.29, 0.717) is 5.92 Å². The Balaban J connectivity index is 1.35. The Morgan fingerprint density at radius 1 is 0.760 bits per heavy atom. The van der Waals surface area contributed by atoms with E-state index >= 15 is 0 Å². The van der Waals surface area contributed by atoms with Crippen LogP contribution in [0.2, 0.25) is 0 Å². The van der Waals surface area contributed by atoms with Crippen LogP contribution in [0.1, 0.15) is 82.6 Å². The molecular weight excluding hydrogens is 308 g/mol. The summed E-state index contributed by atoms with van der Waals surface area (Å²) in [5.74, 6) is 2.55. The van der Waals surface area contributed by atoms with E-state index in [1.165, 1.54) is 56.9 Å². The Morgan fingerprint density at radius 3 is 1.88 bits per heavy atom. The molecule has 0 unspecified atom stereocenters. The summed E-state index contributed by atoms with van der Waals surface area (Å²) in [7, 11) is 0. The standard InChI is InChI=1S/C23H36O2/c1-3-5-19-6-8-20(9-7-19)10-11-21-16-24-23(25-17-21)22-14-12-18(4-2)13-15-22/h12-15,19-21,23H,3-11,16-17H2,1-2H3. The summed E-state index contributed by atoms with van der Waals surface area (Å²) in [6, 6.07) is 8.67. The third-order valence-corrected chi connectivity index (χ3v) is 6.27. The molecule has 0 amide bonds. The molecule has 3 rings (SSSR count). The highest BCUT2D eigenvalue weighted by Gasteiger charge is 2.26. The van der Waals surface area contributed by atoms with E-state index in [1.807, 2.05) is 0 Å². The number of hydrogen-bond donors (Lipinski definition) is 0. The lowest BCUT2D eigenvalue weighted by atomic mass is 9.77. The lowest BCUT2D eigenvalue weighted by Gasteiger charge is -2.32. The van der Waals surface area contributed by atoms with Gasteiger partial charge in [-0.25, -0.2) is 0 Å². The van der Waals surface area contributed by atoms with Gasteiger partial charge in [0.05, 0.1) is 13.2 Å². The molecule has 1 aromatic rings. The Morgan fingerprint density at radius 2 is 1.32 bits per heavy atom. The SMILES string of the molecule is CCCC1CCC(CCC2COC(c3ccc(CC)cc3)OC2)CC1. The lowest BCUT2D eigenvalue weighted by molar-refractivity contribution is -0.206. The van der Waals surface area contributed by atoms with Crippen LogP contribution in [0.15, 0.2) is 24.3 Å². The van der Waals surface area contributed by atoms with Crippen LogP contribution in [0.4, 0.5) is 0 Å². The summed E-state index contributed by atoms with van der Waals surface area (Å²) >= 11 is 0. The summed E-state index contributed by atoms with van der Waals surface area (Å²) in [6.07, 6.45) is 12.2. The first-order valence-corrected chi connectivity index (χ1v) is 10.6. The zero-order chi connectivity index (χ0) is 17.5. The molecule has 1 aromatic carbocycles. The highest BCUT2D eigenvalue weighted by atomic mass is 16.7. The van der Waals surface area contributed by atoms with Crippen LogP contribution in [-0.4, -0.2) is 13.2 Å². The maximum atomic E-state index is 6.02. The highest BCUT2D eigenvalue weighted by Crippen LogP contribution is 2.35. The summed E-state index contributed by atoms with van der Waals surface area (Å²) in [4.78, 5) is 0. The third kappa shape index (κ3) is 5.56. The molecule has 2 nitrogen and oxygen atoms in total. The summed E-state index contributed by atoms with van der Waals surface area (Å²) in [5.41, 5.74) is 2.52. The van der Waals surface area contributed by atoms with Crippen molar-refractivity contribution in [3.8, 4) is 0 Å². The Labute approximate surface area is 154 Å². The molecule has 0 N–H and O–H groups in total. The molecule has 0 radical (unpaired) electrons. The number of hydrogen-bond acceptors (Lipinski definition) is 2. The van der Waals surface area contributed by atoms with Crippen LogP contribution in [0.5, 0.6) is 0 Å². The van der Waals surface area contributed by atoms with Crippen molar-refractivity contribution in [1.29, 1.82) is 0 Å². The van der Waals surface area contributed by atoms with Crippen molar-refractivity contribution >= 4 is 0 Å². The first kappa shape index (κ1) is 18.9. The molecule has 0 atom stereocenters. The van der Waals surface area contributed by atoms with Crippen LogP contribution < -0.4 is 0 Å². The average molecular weight is 345 g/mol. The van der Waals surface area contributed by atoms with E-state index in [2.05, 4.69) is 38.1 Å². The van der Waals surface area contributed by atoms with Crippen LogP contribution in [0.3, 0.4) is 0 Å². The van der Waals surface area contributed by atoms with Gasteiger partial charge in [0.1, 0.15) is 0 Å².